The molecular weight excluding hydrogens is 268 g/mol. The Kier molecular flexibility index (Phi) is 4.31. The molecule has 2 rings (SSSR count). The van der Waals surface area contributed by atoms with Gasteiger partial charge in [0, 0.05) is 16.8 Å². The molecule has 2 aliphatic rings. The lowest BCUT2D eigenvalue weighted by Crippen LogP contribution is -2.55. The van der Waals surface area contributed by atoms with Crippen LogP contribution < -0.4 is 0 Å². The van der Waals surface area contributed by atoms with E-state index in [4.69, 9.17) is 9.47 Å². The summed E-state index contributed by atoms with van der Waals surface area (Å²) < 4.78 is 11.7. The lowest BCUT2D eigenvalue weighted by Gasteiger charge is -2.53. The summed E-state index contributed by atoms with van der Waals surface area (Å²) in [6.07, 6.45) is 6.75. The van der Waals surface area contributed by atoms with Crippen LogP contribution in [-0.2, 0) is 9.47 Å². The highest BCUT2D eigenvalue weighted by atomic mass is 79.9. The lowest BCUT2D eigenvalue weighted by atomic mass is 9.62. The molecule has 1 saturated heterocycles. The highest BCUT2D eigenvalue weighted by Gasteiger charge is 2.52. The van der Waals surface area contributed by atoms with Gasteiger partial charge >= 0.3 is 0 Å². The van der Waals surface area contributed by atoms with Crippen LogP contribution >= 0.6 is 15.9 Å². The number of ether oxygens (including phenoxy) is 2. The molecule has 0 bridgehead atoms. The van der Waals surface area contributed by atoms with E-state index in [9.17, 15) is 0 Å². The minimum absolute atomic E-state index is 0.362. The number of hydrogen-bond acceptors (Lipinski definition) is 2. The topological polar surface area (TPSA) is 18.5 Å². The van der Waals surface area contributed by atoms with Crippen LogP contribution in [0.3, 0.4) is 0 Å². The highest BCUT2D eigenvalue weighted by molar-refractivity contribution is 9.09. The largest absolute Gasteiger partial charge is 0.376 e. The fraction of sp³-hybridized carbons (Fsp3) is 1.00. The minimum atomic E-state index is 0.362. The van der Waals surface area contributed by atoms with E-state index >= 15 is 0 Å². The third kappa shape index (κ3) is 2.19. The van der Waals surface area contributed by atoms with Crippen LogP contribution in [0.5, 0.6) is 0 Å². The van der Waals surface area contributed by atoms with Crippen molar-refractivity contribution in [3.63, 3.8) is 0 Å². The summed E-state index contributed by atoms with van der Waals surface area (Å²) in [6.45, 7) is 6.28. The van der Waals surface area contributed by atoms with E-state index in [1.54, 1.807) is 0 Å². The van der Waals surface area contributed by atoms with E-state index in [2.05, 4.69) is 29.8 Å². The van der Waals surface area contributed by atoms with Crippen molar-refractivity contribution in [1.82, 2.24) is 0 Å². The fourth-order valence-corrected chi connectivity index (χ4v) is 4.36. The highest BCUT2D eigenvalue weighted by Crippen LogP contribution is 2.52. The lowest BCUT2D eigenvalue weighted by molar-refractivity contribution is -0.128. The van der Waals surface area contributed by atoms with E-state index in [0.29, 0.717) is 22.5 Å². The Morgan fingerprint density at radius 3 is 2.62 bits per heavy atom. The van der Waals surface area contributed by atoms with Gasteiger partial charge in [0.1, 0.15) is 0 Å². The van der Waals surface area contributed by atoms with Crippen molar-refractivity contribution in [3.8, 4) is 0 Å². The molecule has 1 saturated carbocycles. The molecule has 0 spiro atoms. The first kappa shape index (κ1) is 12.8. The van der Waals surface area contributed by atoms with E-state index in [1.165, 1.54) is 25.7 Å². The second kappa shape index (κ2) is 5.36. The average molecular weight is 291 g/mol. The molecule has 3 unspecified atom stereocenters. The zero-order valence-corrected chi connectivity index (χ0v) is 12.0. The number of halogens is 1. The molecule has 1 aliphatic carbocycles. The molecule has 0 amide bonds. The Morgan fingerprint density at radius 1 is 1.38 bits per heavy atom. The van der Waals surface area contributed by atoms with Crippen LogP contribution in [0.1, 0.15) is 46.0 Å². The van der Waals surface area contributed by atoms with Crippen molar-refractivity contribution in [2.45, 2.75) is 63.0 Å². The quantitative estimate of drug-likeness (QED) is 0.721. The van der Waals surface area contributed by atoms with Gasteiger partial charge in [-0.25, -0.2) is 0 Å². The molecule has 0 radical (unpaired) electrons. The summed E-state index contributed by atoms with van der Waals surface area (Å²) in [5.41, 5.74) is 0.374. The second-order valence-electron chi connectivity index (χ2n) is 5.10. The molecule has 3 heteroatoms. The summed E-state index contributed by atoms with van der Waals surface area (Å²) in [7, 11) is 0. The van der Waals surface area contributed by atoms with Gasteiger partial charge in [-0.05, 0) is 32.1 Å². The normalized spacial score (nSPS) is 37.3. The summed E-state index contributed by atoms with van der Waals surface area (Å²) in [6, 6.07) is 0. The van der Waals surface area contributed by atoms with E-state index in [-0.39, 0.29) is 0 Å². The zero-order valence-electron chi connectivity index (χ0n) is 10.4. The van der Waals surface area contributed by atoms with E-state index in [0.717, 1.165) is 19.6 Å². The van der Waals surface area contributed by atoms with Gasteiger partial charge in [0.15, 0.2) is 0 Å². The molecule has 2 nitrogen and oxygen atoms in total. The van der Waals surface area contributed by atoms with Gasteiger partial charge in [-0.15, -0.1) is 0 Å². The Labute approximate surface area is 107 Å². The van der Waals surface area contributed by atoms with Crippen LogP contribution in [0.2, 0.25) is 0 Å². The minimum Gasteiger partial charge on any atom is -0.376 e. The summed E-state index contributed by atoms with van der Waals surface area (Å²) in [5.74, 6) is 0. The molecule has 0 aromatic heterocycles. The third-order valence-corrected chi connectivity index (χ3v) is 5.80. The molecular formula is C13H23BrO2. The number of rotatable bonds is 5. The smallest absolute Gasteiger partial charge is 0.0809 e. The van der Waals surface area contributed by atoms with Gasteiger partial charge in [-0.1, -0.05) is 29.8 Å². The Hall–Kier alpha value is 0.400. The molecule has 3 atom stereocenters. The third-order valence-electron chi connectivity index (χ3n) is 4.51. The molecule has 0 aromatic carbocycles. The molecule has 1 aliphatic heterocycles. The van der Waals surface area contributed by atoms with Crippen molar-refractivity contribution in [3.05, 3.63) is 0 Å². The van der Waals surface area contributed by atoms with Gasteiger partial charge in [-0.3, -0.25) is 0 Å². The Morgan fingerprint density at radius 2 is 2.12 bits per heavy atom. The SMILES string of the molecule is CCC1(CC)C(Br)CC1OCC1CCCO1. The summed E-state index contributed by atoms with van der Waals surface area (Å²) in [4.78, 5) is 0.643. The monoisotopic (exact) mass is 290 g/mol. The zero-order chi connectivity index (χ0) is 11.6. The van der Waals surface area contributed by atoms with E-state index < -0.39 is 0 Å². The molecule has 16 heavy (non-hydrogen) atoms. The maximum atomic E-state index is 6.08. The van der Waals surface area contributed by atoms with Crippen molar-refractivity contribution in [1.29, 1.82) is 0 Å². The first-order valence-electron chi connectivity index (χ1n) is 6.60. The fourth-order valence-electron chi connectivity index (χ4n) is 3.08. The number of hydrogen-bond donors (Lipinski definition) is 0. The number of alkyl halides is 1. The van der Waals surface area contributed by atoms with Crippen LogP contribution in [0.4, 0.5) is 0 Å². The van der Waals surface area contributed by atoms with Crippen LogP contribution in [0.15, 0.2) is 0 Å². The molecule has 2 fully saturated rings. The standard InChI is InChI=1S/C13H23BrO2/c1-3-13(4-2)11(14)8-12(13)16-9-10-6-5-7-15-10/h10-12H,3-9H2,1-2H3. The predicted octanol–water partition coefficient (Wildman–Crippen LogP) is 3.52. The summed E-state index contributed by atoms with van der Waals surface area (Å²) >= 11 is 3.79. The average Bonchev–Trinajstić information content (AvgIpc) is 2.78. The molecule has 0 aromatic rings. The van der Waals surface area contributed by atoms with Crippen molar-refractivity contribution in [2.75, 3.05) is 13.2 Å². The predicted molar refractivity (Wildman–Crippen MR) is 69.1 cm³/mol. The van der Waals surface area contributed by atoms with Crippen molar-refractivity contribution >= 4 is 15.9 Å². The second-order valence-corrected chi connectivity index (χ2v) is 6.21. The van der Waals surface area contributed by atoms with Crippen LogP contribution in [0.25, 0.3) is 0 Å². The maximum Gasteiger partial charge on any atom is 0.0809 e. The Bertz CT molecular complexity index is 222. The van der Waals surface area contributed by atoms with Gasteiger partial charge in [0.25, 0.3) is 0 Å². The molecule has 94 valence electrons. The maximum absolute atomic E-state index is 6.08. The van der Waals surface area contributed by atoms with Gasteiger partial charge in [0.05, 0.1) is 18.8 Å². The van der Waals surface area contributed by atoms with Gasteiger partial charge < -0.3 is 9.47 Å². The van der Waals surface area contributed by atoms with Crippen molar-refractivity contribution in [2.24, 2.45) is 5.41 Å². The van der Waals surface area contributed by atoms with Crippen molar-refractivity contribution < 1.29 is 9.47 Å². The molecule has 0 N–H and O–H groups in total. The van der Waals surface area contributed by atoms with Crippen LogP contribution in [-0.4, -0.2) is 30.2 Å². The molecule has 1 heterocycles. The van der Waals surface area contributed by atoms with Gasteiger partial charge in [-0.2, -0.15) is 0 Å². The first-order chi connectivity index (χ1) is 7.73. The van der Waals surface area contributed by atoms with Gasteiger partial charge in [0.2, 0.25) is 0 Å². The van der Waals surface area contributed by atoms with Crippen LogP contribution in [0, 0.1) is 5.41 Å². The van der Waals surface area contributed by atoms with E-state index in [1.807, 2.05) is 0 Å². The Balaban J connectivity index is 1.81. The summed E-state index contributed by atoms with van der Waals surface area (Å²) in [5, 5.41) is 0. The first-order valence-corrected chi connectivity index (χ1v) is 7.51.